The van der Waals surface area contributed by atoms with Crippen molar-refractivity contribution in [2.75, 3.05) is 13.8 Å². The lowest BCUT2D eigenvalue weighted by molar-refractivity contribution is -0.0672. The number of rotatable bonds is 4. The van der Waals surface area contributed by atoms with Gasteiger partial charge in [-0.2, -0.15) is 0 Å². The van der Waals surface area contributed by atoms with E-state index in [1.54, 1.807) is 0 Å². The molecule has 3 atom stereocenters. The predicted octanol–water partition coefficient (Wildman–Crippen LogP) is 3.14. The van der Waals surface area contributed by atoms with Crippen LogP contribution in [-0.4, -0.2) is 29.7 Å². The van der Waals surface area contributed by atoms with Crippen LogP contribution in [0.4, 0.5) is 0 Å². The minimum absolute atomic E-state index is 0.412. The van der Waals surface area contributed by atoms with Gasteiger partial charge in [-0.25, -0.2) is 0 Å². The van der Waals surface area contributed by atoms with E-state index in [2.05, 4.69) is 27.4 Å². The second-order valence-electron chi connectivity index (χ2n) is 6.14. The number of ether oxygens (including phenoxy) is 1. The largest absolute Gasteiger partial charge is 0.358 e. The molecular formula is C15H26N2O. The summed E-state index contributed by atoms with van der Waals surface area (Å²) in [6.45, 7) is 10.8. The molecule has 2 rings (SSSR count). The van der Waals surface area contributed by atoms with Crippen molar-refractivity contribution in [2.45, 2.75) is 46.1 Å². The lowest BCUT2D eigenvalue weighted by Crippen LogP contribution is -2.36. The zero-order valence-electron chi connectivity index (χ0n) is 12.1. The van der Waals surface area contributed by atoms with Crippen LogP contribution in [0.3, 0.4) is 0 Å². The molecule has 0 unspecified atom stereocenters. The SMILES string of the molecule is CC(C)[C@@H]1CC[C@@H](C)C[C@H]1OCN1[C]N(C)C=C1. The summed E-state index contributed by atoms with van der Waals surface area (Å²) in [7, 11) is 1.98. The van der Waals surface area contributed by atoms with Gasteiger partial charge in [0.05, 0.1) is 6.10 Å². The number of hydrogen-bond acceptors (Lipinski definition) is 3. The van der Waals surface area contributed by atoms with Gasteiger partial charge in [-0.05, 0) is 30.6 Å². The Labute approximate surface area is 112 Å². The summed E-state index contributed by atoms with van der Waals surface area (Å²) in [5.74, 6) is 2.23. The van der Waals surface area contributed by atoms with Crippen LogP contribution in [0.15, 0.2) is 12.4 Å². The van der Waals surface area contributed by atoms with E-state index in [0.717, 1.165) is 5.92 Å². The summed E-state index contributed by atoms with van der Waals surface area (Å²) in [5.41, 5.74) is 0. The van der Waals surface area contributed by atoms with E-state index in [0.29, 0.717) is 24.7 Å². The fourth-order valence-corrected chi connectivity index (χ4v) is 3.00. The molecule has 1 aliphatic heterocycles. The molecule has 1 heterocycles. The summed E-state index contributed by atoms with van der Waals surface area (Å²) in [6.07, 6.45) is 8.29. The Kier molecular flexibility index (Phi) is 4.55. The highest BCUT2D eigenvalue weighted by molar-refractivity contribution is 4.94. The van der Waals surface area contributed by atoms with Gasteiger partial charge in [0.25, 0.3) is 0 Å². The first-order chi connectivity index (χ1) is 8.56. The van der Waals surface area contributed by atoms with Gasteiger partial charge in [0.1, 0.15) is 6.73 Å². The Hall–Kier alpha value is -0.700. The minimum atomic E-state index is 0.412. The quantitative estimate of drug-likeness (QED) is 0.762. The zero-order chi connectivity index (χ0) is 13.1. The maximum absolute atomic E-state index is 6.15. The third kappa shape index (κ3) is 3.41. The number of nitrogens with zero attached hydrogens (tertiary/aromatic N) is 2. The first-order valence-corrected chi connectivity index (χ1v) is 7.12. The van der Waals surface area contributed by atoms with E-state index in [-0.39, 0.29) is 0 Å². The smallest absolute Gasteiger partial charge is 0.209 e. The van der Waals surface area contributed by atoms with Crippen molar-refractivity contribution in [2.24, 2.45) is 17.8 Å². The van der Waals surface area contributed by atoms with Crippen molar-refractivity contribution in [3.63, 3.8) is 0 Å². The highest BCUT2D eigenvalue weighted by Crippen LogP contribution is 2.35. The molecule has 1 aliphatic carbocycles. The van der Waals surface area contributed by atoms with E-state index in [1.807, 2.05) is 29.2 Å². The topological polar surface area (TPSA) is 15.7 Å². The van der Waals surface area contributed by atoms with E-state index in [4.69, 9.17) is 4.74 Å². The molecule has 1 fully saturated rings. The molecule has 0 saturated heterocycles. The Morgan fingerprint density at radius 1 is 1.33 bits per heavy atom. The first-order valence-electron chi connectivity index (χ1n) is 7.12. The predicted molar refractivity (Wildman–Crippen MR) is 73.1 cm³/mol. The molecule has 0 amide bonds. The van der Waals surface area contributed by atoms with Crippen LogP contribution in [0.1, 0.15) is 40.0 Å². The summed E-state index contributed by atoms with van der Waals surface area (Å²) in [4.78, 5) is 3.91. The van der Waals surface area contributed by atoms with Crippen LogP contribution >= 0.6 is 0 Å². The van der Waals surface area contributed by atoms with Crippen molar-refractivity contribution in [1.82, 2.24) is 9.80 Å². The van der Waals surface area contributed by atoms with Crippen molar-refractivity contribution < 1.29 is 4.74 Å². The standard InChI is InChI=1S/C15H26N2O/c1-12(2)14-6-5-13(3)9-15(14)18-11-17-8-7-16(4)10-17/h7-8,12-15H,5-6,9,11H2,1-4H3/t13-,14+,15-/m1/s1. The van der Waals surface area contributed by atoms with E-state index < -0.39 is 0 Å². The Morgan fingerprint density at radius 3 is 2.72 bits per heavy atom. The van der Waals surface area contributed by atoms with E-state index in [1.165, 1.54) is 19.3 Å². The highest BCUT2D eigenvalue weighted by atomic mass is 16.5. The first kappa shape index (κ1) is 13.7. The normalized spacial score (nSPS) is 32.6. The minimum Gasteiger partial charge on any atom is -0.358 e. The summed E-state index contributed by atoms with van der Waals surface area (Å²) < 4.78 is 6.15. The maximum atomic E-state index is 6.15. The Balaban J connectivity index is 1.83. The fourth-order valence-electron chi connectivity index (χ4n) is 3.00. The Bertz CT molecular complexity index is 290. The van der Waals surface area contributed by atoms with Gasteiger partial charge in [0.2, 0.25) is 6.67 Å². The summed E-state index contributed by atoms with van der Waals surface area (Å²) in [6, 6.07) is 0. The van der Waals surface area contributed by atoms with Gasteiger partial charge in [-0.1, -0.05) is 27.2 Å². The van der Waals surface area contributed by atoms with Crippen molar-refractivity contribution in [1.29, 1.82) is 0 Å². The van der Waals surface area contributed by atoms with Gasteiger partial charge in [0.15, 0.2) is 0 Å². The fraction of sp³-hybridized carbons (Fsp3) is 0.800. The van der Waals surface area contributed by atoms with Gasteiger partial charge in [-0.15, -0.1) is 0 Å². The molecule has 0 aromatic heterocycles. The third-order valence-electron chi connectivity index (χ3n) is 4.15. The molecule has 3 nitrogen and oxygen atoms in total. The molecule has 1 saturated carbocycles. The molecule has 0 aromatic rings. The van der Waals surface area contributed by atoms with Crippen LogP contribution in [0.25, 0.3) is 0 Å². The average molecular weight is 250 g/mol. The monoisotopic (exact) mass is 250 g/mol. The van der Waals surface area contributed by atoms with Crippen molar-refractivity contribution >= 4 is 0 Å². The van der Waals surface area contributed by atoms with Crippen LogP contribution in [-0.2, 0) is 4.74 Å². The second kappa shape index (κ2) is 5.96. The van der Waals surface area contributed by atoms with Gasteiger partial charge in [-0.3, -0.25) is 0 Å². The van der Waals surface area contributed by atoms with Crippen LogP contribution in [0.2, 0.25) is 0 Å². The van der Waals surface area contributed by atoms with Crippen LogP contribution in [0.5, 0.6) is 0 Å². The lowest BCUT2D eigenvalue weighted by atomic mass is 9.75. The Morgan fingerprint density at radius 2 is 2.11 bits per heavy atom. The van der Waals surface area contributed by atoms with Crippen LogP contribution in [0, 0.1) is 24.4 Å². The molecule has 3 heteroatoms. The summed E-state index contributed by atoms with van der Waals surface area (Å²) in [5, 5.41) is 0. The molecule has 18 heavy (non-hydrogen) atoms. The molecule has 2 aliphatic rings. The van der Waals surface area contributed by atoms with Crippen molar-refractivity contribution in [3.05, 3.63) is 19.1 Å². The van der Waals surface area contributed by atoms with Crippen molar-refractivity contribution in [3.8, 4) is 0 Å². The maximum Gasteiger partial charge on any atom is 0.209 e. The van der Waals surface area contributed by atoms with Gasteiger partial charge in [0, 0.05) is 19.4 Å². The molecular weight excluding hydrogens is 224 g/mol. The molecule has 102 valence electrons. The zero-order valence-corrected chi connectivity index (χ0v) is 12.1. The molecule has 0 aromatic carbocycles. The second-order valence-corrected chi connectivity index (χ2v) is 6.14. The highest BCUT2D eigenvalue weighted by Gasteiger charge is 2.31. The van der Waals surface area contributed by atoms with Crippen LogP contribution < -0.4 is 0 Å². The van der Waals surface area contributed by atoms with E-state index >= 15 is 0 Å². The summed E-state index contributed by atoms with van der Waals surface area (Å²) >= 11 is 0. The molecule has 2 radical (unpaired) electrons. The average Bonchev–Trinajstić information content (AvgIpc) is 2.72. The van der Waals surface area contributed by atoms with Gasteiger partial charge >= 0.3 is 0 Å². The molecule has 0 spiro atoms. The molecule has 0 bridgehead atoms. The number of hydrogen-bond donors (Lipinski definition) is 0. The molecule has 0 N–H and O–H groups in total. The van der Waals surface area contributed by atoms with Gasteiger partial charge < -0.3 is 14.5 Å². The van der Waals surface area contributed by atoms with E-state index in [9.17, 15) is 0 Å². The third-order valence-corrected chi connectivity index (χ3v) is 4.15. The lowest BCUT2D eigenvalue weighted by Gasteiger charge is -2.37.